The van der Waals surface area contributed by atoms with Crippen LogP contribution in [0.3, 0.4) is 0 Å². The van der Waals surface area contributed by atoms with E-state index in [9.17, 15) is 9.59 Å². The Balaban J connectivity index is 2.38. The summed E-state index contributed by atoms with van der Waals surface area (Å²) >= 11 is 0. The van der Waals surface area contributed by atoms with Gasteiger partial charge in [-0.1, -0.05) is 32.0 Å². The highest BCUT2D eigenvalue weighted by atomic mass is 16.5. The Hall–Kier alpha value is -2.56. The minimum atomic E-state index is -0.556. The molecule has 3 rings (SSSR count). The number of fused-ring (bicyclic) bond motifs is 3. The van der Waals surface area contributed by atoms with Crippen molar-refractivity contribution in [1.82, 2.24) is 4.57 Å². The van der Waals surface area contributed by atoms with Crippen molar-refractivity contribution in [2.75, 3.05) is 14.2 Å². The second kappa shape index (κ2) is 4.73. The maximum absolute atomic E-state index is 12.2. The van der Waals surface area contributed by atoms with Gasteiger partial charge in [0.15, 0.2) is 0 Å². The van der Waals surface area contributed by atoms with Crippen molar-refractivity contribution in [2.24, 2.45) is 0 Å². The summed E-state index contributed by atoms with van der Waals surface area (Å²) in [4.78, 5) is 24.3. The maximum atomic E-state index is 12.2. The van der Waals surface area contributed by atoms with Crippen molar-refractivity contribution in [2.45, 2.75) is 19.3 Å². The average molecular weight is 299 g/mol. The van der Waals surface area contributed by atoms with Crippen molar-refractivity contribution in [1.29, 1.82) is 0 Å². The third kappa shape index (κ3) is 1.71. The molecular formula is C17H17NO4. The molecule has 0 spiro atoms. The molecule has 0 fully saturated rings. The van der Waals surface area contributed by atoms with Crippen LogP contribution in [0.25, 0.3) is 5.69 Å². The molecule has 2 aromatic rings. The minimum absolute atomic E-state index is 0.211. The first-order chi connectivity index (χ1) is 10.4. The van der Waals surface area contributed by atoms with Gasteiger partial charge in [-0.05, 0) is 17.7 Å². The second-order valence-electron chi connectivity index (χ2n) is 5.75. The smallest absolute Gasteiger partial charge is 0.355 e. The largest absolute Gasteiger partial charge is 0.465 e. The van der Waals surface area contributed by atoms with E-state index >= 15 is 0 Å². The molecule has 0 bridgehead atoms. The lowest BCUT2D eigenvalue weighted by atomic mass is 9.83. The fourth-order valence-electron chi connectivity index (χ4n) is 3.12. The van der Waals surface area contributed by atoms with Crippen molar-refractivity contribution < 1.29 is 19.1 Å². The number of methoxy groups -OCH3 is 2. The van der Waals surface area contributed by atoms with Gasteiger partial charge in [0.2, 0.25) is 0 Å². The van der Waals surface area contributed by atoms with Crippen LogP contribution in [0, 0.1) is 0 Å². The van der Waals surface area contributed by atoms with Crippen LogP contribution in [0.4, 0.5) is 0 Å². The van der Waals surface area contributed by atoms with Gasteiger partial charge in [0.25, 0.3) is 0 Å². The lowest BCUT2D eigenvalue weighted by Gasteiger charge is -2.18. The molecule has 1 aromatic carbocycles. The quantitative estimate of drug-likeness (QED) is 0.800. The molecule has 0 aliphatic carbocycles. The number of hydrogen-bond donors (Lipinski definition) is 0. The zero-order chi connectivity index (χ0) is 16.1. The van der Waals surface area contributed by atoms with Crippen molar-refractivity contribution in [3.63, 3.8) is 0 Å². The van der Waals surface area contributed by atoms with Crippen LogP contribution in [0.1, 0.15) is 46.0 Å². The maximum Gasteiger partial charge on any atom is 0.355 e. The summed E-state index contributed by atoms with van der Waals surface area (Å²) in [5.41, 5.74) is 2.99. The molecule has 2 heterocycles. The molecule has 5 heteroatoms. The molecule has 5 nitrogen and oxygen atoms in total. The van der Waals surface area contributed by atoms with Crippen LogP contribution in [0.2, 0.25) is 0 Å². The monoisotopic (exact) mass is 299 g/mol. The summed E-state index contributed by atoms with van der Waals surface area (Å²) < 4.78 is 11.5. The van der Waals surface area contributed by atoms with E-state index < -0.39 is 11.9 Å². The van der Waals surface area contributed by atoms with Crippen LogP contribution in [-0.4, -0.2) is 30.7 Å². The summed E-state index contributed by atoms with van der Waals surface area (Å²) in [5.74, 6) is -1.10. The highest BCUT2D eigenvalue weighted by Crippen LogP contribution is 2.45. The second-order valence-corrected chi connectivity index (χ2v) is 5.75. The van der Waals surface area contributed by atoms with Gasteiger partial charge in [-0.25, -0.2) is 9.59 Å². The van der Waals surface area contributed by atoms with Crippen LogP contribution in [-0.2, 0) is 14.9 Å². The Morgan fingerprint density at radius 3 is 2.32 bits per heavy atom. The first-order valence-electron chi connectivity index (χ1n) is 6.96. The van der Waals surface area contributed by atoms with Crippen LogP contribution in [0.15, 0.2) is 30.3 Å². The highest BCUT2D eigenvalue weighted by molar-refractivity contribution is 6.03. The predicted molar refractivity (Wildman–Crippen MR) is 80.6 cm³/mol. The molecule has 0 N–H and O–H groups in total. The van der Waals surface area contributed by atoms with Gasteiger partial charge < -0.3 is 14.0 Å². The van der Waals surface area contributed by atoms with Crippen molar-refractivity contribution >= 4 is 11.9 Å². The topological polar surface area (TPSA) is 57.5 Å². The Bertz CT molecular complexity index is 786. The Labute approximate surface area is 128 Å². The van der Waals surface area contributed by atoms with Crippen molar-refractivity contribution in [3.8, 4) is 5.69 Å². The normalized spacial score (nSPS) is 14.2. The standard InChI is InChI=1S/C17H17NO4/c1-17(2)11-7-5-6-8-12(11)18-13(17)9-10(15(19)21-3)14(18)16(20)22-4/h5-9H,1-4H3. The Morgan fingerprint density at radius 2 is 1.68 bits per heavy atom. The molecule has 0 radical (unpaired) electrons. The third-order valence-corrected chi connectivity index (χ3v) is 4.24. The predicted octanol–water partition coefficient (Wildman–Crippen LogP) is 2.69. The molecule has 0 unspecified atom stereocenters. The first kappa shape index (κ1) is 14.4. The fourth-order valence-corrected chi connectivity index (χ4v) is 3.12. The molecule has 1 aromatic heterocycles. The molecule has 1 aliphatic heterocycles. The molecule has 1 aliphatic rings. The van der Waals surface area contributed by atoms with Gasteiger partial charge in [-0.15, -0.1) is 0 Å². The van der Waals surface area contributed by atoms with Gasteiger partial charge in [0.1, 0.15) is 5.69 Å². The van der Waals surface area contributed by atoms with E-state index in [1.165, 1.54) is 14.2 Å². The molecule has 114 valence electrons. The first-order valence-corrected chi connectivity index (χ1v) is 6.96. The SMILES string of the molecule is COC(=O)c1cc2n(c1C(=O)OC)-c1ccccc1C2(C)C. The number of benzene rings is 1. The molecule has 0 amide bonds. The van der Waals surface area contributed by atoms with Gasteiger partial charge in [0.05, 0.1) is 25.5 Å². The molecule has 22 heavy (non-hydrogen) atoms. The van der Waals surface area contributed by atoms with Crippen LogP contribution >= 0.6 is 0 Å². The number of carbonyl (C=O) groups is 2. The average Bonchev–Trinajstić information content (AvgIpc) is 3.02. The third-order valence-electron chi connectivity index (χ3n) is 4.24. The van der Waals surface area contributed by atoms with Gasteiger partial charge in [-0.2, -0.15) is 0 Å². The van der Waals surface area contributed by atoms with Crippen LogP contribution < -0.4 is 0 Å². The van der Waals surface area contributed by atoms with E-state index in [-0.39, 0.29) is 16.7 Å². The number of carbonyl (C=O) groups excluding carboxylic acids is 2. The number of esters is 2. The van der Waals surface area contributed by atoms with E-state index in [1.807, 2.05) is 24.3 Å². The van der Waals surface area contributed by atoms with E-state index in [4.69, 9.17) is 9.47 Å². The summed E-state index contributed by atoms with van der Waals surface area (Å²) in [7, 11) is 2.60. The molecule has 0 saturated carbocycles. The minimum Gasteiger partial charge on any atom is -0.465 e. The number of nitrogens with zero attached hydrogens (tertiary/aromatic N) is 1. The van der Waals surface area contributed by atoms with Gasteiger partial charge >= 0.3 is 11.9 Å². The number of rotatable bonds is 2. The van der Waals surface area contributed by atoms with Gasteiger partial charge in [0, 0.05) is 11.1 Å². The molecule has 0 saturated heterocycles. The van der Waals surface area contributed by atoms with E-state index in [1.54, 1.807) is 10.6 Å². The van der Waals surface area contributed by atoms with E-state index in [2.05, 4.69) is 13.8 Å². The molecule has 0 atom stereocenters. The van der Waals surface area contributed by atoms with Crippen LogP contribution in [0.5, 0.6) is 0 Å². The van der Waals surface area contributed by atoms with E-state index in [0.29, 0.717) is 0 Å². The van der Waals surface area contributed by atoms with Crippen molar-refractivity contribution in [3.05, 3.63) is 52.8 Å². The lowest BCUT2D eigenvalue weighted by molar-refractivity contribution is 0.0549. The Kier molecular flexibility index (Phi) is 3.09. The summed E-state index contributed by atoms with van der Waals surface area (Å²) in [6.45, 7) is 4.12. The number of hydrogen-bond acceptors (Lipinski definition) is 4. The fraction of sp³-hybridized carbons (Fsp3) is 0.294. The van der Waals surface area contributed by atoms with E-state index in [0.717, 1.165) is 16.9 Å². The zero-order valence-electron chi connectivity index (χ0n) is 13.0. The summed E-state index contributed by atoms with van der Waals surface area (Å²) in [6, 6.07) is 9.55. The number of aromatic nitrogens is 1. The molecular weight excluding hydrogens is 282 g/mol. The summed E-state index contributed by atoms with van der Waals surface area (Å²) in [5, 5.41) is 0. The van der Waals surface area contributed by atoms with Gasteiger partial charge in [-0.3, -0.25) is 0 Å². The highest BCUT2D eigenvalue weighted by Gasteiger charge is 2.41. The Morgan fingerprint density at radius 1 is 1.05 bits per heavy atom. The zero-order valence-corrected chi connectivity index (χ0v) is 13.0. The lowest BCUT2D eigenvalue weighted by Crippen LogP contribution is -2.15. The summed E-state index contributed by atoms with van der Waals surface area (Å²) in [6.07, 6.45) is 0. The number of para-hydroxylation sites is 1. The number of ether oxygens (including phenoxy) is 2.